The smallest absolute Gasteiger partial charge is 1.00 e. The van der Waals surface area contributed by atoms with Gasteiger partial charge in [0.15, 0.2) is 0 Å². The van der Waals surface area contributed by atoms with Crippen molar-refractivity contribution in [3.05, 3.63) is 170 Å². The first-order valence-corrected chi connectivity index (χ1v) is 21.2. The molecule has 65 heavy (non-hydrogen) atoms. The number of aromatic hydroxyl groups is 2. The number of phenols is 2. The van der Waals surface area contributed by atoms with Crippen molar-refractivity contribution >= 4 is 18.1 Å². The molecule has 7 rings (SSSR count). The van der Waals surface area contributed by atoms with Crippen molar-refractivity contribution in [1.82, 2.24) is 0 Å². The summed E-state index contributed by atoms with van der Waals surface area (Å²) in [5.41, 5.74) is 10.2. The van der Waals surface area contributed by atoms with Crippen molar-refractivity contribution in [2.45, 2.75) is 56.8 Å². The van der Waals surface area contributed by atoms with Gasteiger partial charge in [0.25, 0.3) is 6.47 Å². The number of alkyl halides is 1. The largest absolute Gasteiger partial charge is 1.00 e. The van der Waals surface area contributed by atoms with E-state index in [0.717, 1.165) is 106 Å². The van der Waals surface area contributed by atoms with Gasteiger partial charge in [0.05, 0.1) is 31.8 Å². The van der Waals surface area contributed by atoms with Crippen LogP contribution in [0.1, 0.15) is 34.8 Å². The molecule has 3 heterocycles. The third-order valence-electron chi connectivity index (χ3n) is 9.76. The molecular weight excluding hydrogens is 898 g/mol. The molecule has 2 N–H and O–H groups in total. The monoisotopic (exact) mass is 956 g/mol. The second-order valence-electron chi connectivity index (χ2n) is 14.7. The molecule has 0 aromatic heterocycles. The number of ether oxygens (including phenoxy) is 5. The van der Waals surface area contributed by atoms with Crippen molar-refractivity contribution < 1.29 is 153 Å². The molecule has 4 aromatic carbocycles. The maximum atomic E-state index is 10.4. The Bertz CT molecular complexity index is 2120. The van der Waals surface area contributed by atoms with Crippen LogP contribution in [-0.2, 0) is 62.4 Å². The first kappa shape index (κ1) is 58.5. The topological polar surface area (TPSA) is 146 Å². The van der Waals surface area contributed by atoms with E-state index in [-0.39, 0.29) is 129 Å². The van der Waals surface area contributed by atoms with E-state index in [2.05, 4.69) is 68.6 Å². The minimum absolute atomic E-state index is 0. The third kappa shape index (κ3) is 20.3. The van der Waals surface area contributed by atoms with E-state index in [0.29, 0.717) is 50.2 Å². The average Bonchev–Trinajstić information content (AvgIpc) is 4.13. The van der Waals surface area contributed by atoms with Crippen molar-refractivity contribution in [3.8, 4) is 45.3 Å². The van der Waals surface area contributed by atoms with Gasteiger partial charge in [0.2, 0.25) is 0 Å². The number of hydrogen-bond acceptors (Lipinski definition) is 10. The van der Waals surface area contributed by atoms with Gasteiger partial charge in [0.1, 0.15) is 48.4 Å². The Balaban J connectivity index is 0.000000548. The molecule has 4 aromatic rings. The zero-order chi connectivity index (χ0) is 45.6. The maximum absolute atomic E-state index is 10.4. The second kappa shape index (κ2) is 32.2. The Hall–Kier alpha value is -2.61. The van der Waals surface area contributed by atoms with Crippen LogP contribution in [0, 0.1) is 0 Å². The second-order valence-corrected chi connectivity index (χ2v) is 15.0. The van der Waals surface area contributed by atoms with Crippen LogP contribution in [0.2, 0.25) is 0 Å². The van der Waals surface area contributed by atoms with E-state index in [1.54, 1.807) is 24.3 Å². The molecule has 3 unspecified atom stereocenters. The van der Waals surface area contributed by atoms with Gasteiger partial charge in [0, 0.05) is 0 Å². The Morgan fingerprint density at radius 1 is 0.585 bits per heavy atom. The number of halogens is 1. The number of benzene rings is 4. The molecule has 0 bridgehead atoms. The van der Waals surface area contributed by atoms with Gasteiger partial charge in [-0.15, -0.1) is 51.1 Å². The number of hydrogen-bond donors (Lipinski definition) is 2. The summed E-state index contributed by atoms with van der Waals surface area (Å²) in [6.07, 6.45) is 15.9. The fourth-order valence-electron chi connectivity index (χ4n) is 6.41. The summed E-state index contributed by atoms with van der Waals surface area (Å²) in [5.74, 6) is 3.06. The standard InChI is InChI=1S/C27H30O4.C21H22O2.C3H5ClO.CH2O3.2K.H/c1-4-7-20-12-19(10-11-26(20)30-17-24-15-28-24)23-13-21(8-5-2)27(22(14-23)9-6-3)31-18-25-16-29-25;1-4-7-16-12-15(10-11-20(16)22)19-13-17(8-5-2)21(23)18(14-19)9-6-3;4-1-3-2-5-3;2-1-4-3;;;/h4-6,10-14,24-25H,1-3,7-9,15-18H2;4-6,10-14,22-23H,1-3,7-9H2;3H,1-2H2;1,3H;;;/q;;;;2*+1;-1/p-1. The molecule has 13 heteroatoms. The van der Waals surface area contributed by atoms with Crippen LogP contribution in [0.4, 0.5) is 0 Å². The molecule has 3 aliphatic heterocycles. The summed E-state index contributed by atoms with van der Waals surface area (Å²) < 4.78 is 27.4. The van der Waals surface area contributed by atoms with Gasteiger partial charge in [-0.05, 0) is 143 Å². The Labute approximate surface area is 475 Å². The summed E-state index contributed by atoms with van der Waals surface area (Å²) in [6, 6.07) is 20.2. The van der Waals surface area contributed by atoms with E-state index < -0.39 is 0 Å². The van der Waals surface area contributed by atoms with Crippen molar-refractivity contribution in [2.75, 3.05) is 38.9 Å². The van der Waals surface area contributed by atoms with Gasteiger partial charge in [-0.2, -0.15) is 0 Å². The normalized spacial score (nSPS) is 15.6. The Kier molecular flexibility index (Phi) is 29.0. The number of epoxide rings is 3. The molecule has 10 nitrogen and oxygen atoms in total. The van der Waals surface area contributed by atoms with E-state index in [4.69, 9.17) is 45.3 Å². The minimum Gasteiger partial charge on any atom is -1.00 e. The maximum Gasteiger partial charge on any atom is 1.00 e. The molecule has 0 spiro atoms. The molecular formula is C52H59ClK2O10. The third-order valence-corrected chi connectivity index (χ3v) is 10.1. The number of carbonyl (C=O) groups is 1. The average molecular weight is 958 g/mol. The zero-order valence-corrected chi connectivity index (χ0v) is 44.8. The van der Waals surface area contributed by atoms with Crippen LogP contribution in [0.25, 0.3) is 22.3 Å². The van der Waals surface area contributed by atoms with Gasteiger partial charge in [-0.1, -0.05) is 48.6 Å². The van der Waals surface area contributed by atoms with Crippen LogP contribution in [-0.4, -0.2) is 73.9 Å². The van der Waals surface area contributed by atoms with Crippen LogP contribution in [0.3, 0.4) is 0 Å². The molecule has 0 amide bonds. The van der Waals surface area contributed by atoms with Crippen molar-refractivity contribution in [1.29, 1.82) is 0 Å². The molecule has 3 saturated heterocycles. The van der Waals surface area contributed by atoms with Crippen LogP contribution >= 0.6 is 11.6 Å². The molecule has 0 aliphatic carbocycles. The van der Waals surface area contributed by atoms with E-state index in [9.17, 15) is 10.2 Å². The summed E-state index contributed by atoms with van der Waals surface area (Å²) in [7, 11) is 0. The number of phenolic OH excluding ortho intramolecular Hbond substituents is 2. The Morgan fingerprint density at radius 3 is 1.37 bits per heavy atom. The van der Waals surface area contributed by atoms with Crippen molar-refractivity contribution in [2.24, 2.45) is 0 Å². The molecule has 3 fully saturated rings. The SMILES string of the molecule is C=CCc1cc(-c2cc(CC=C)c(O)c(CC=C)c2)ccc1O.C=CCc1cc(-c2cc(CC=C)c(OCC3CO3)c(CC=C)c2)ccc1OCC1CO1.ClCC1CO1.O=CO[O-].[H-].[K+].[K+]. The first-order valence-electron chi connectivity index (χ1n) is 20.7. The van der Waals surface area contributed by atoms with Gasteiger partial charge >= 0.3 is 103 Å². The van der Waals surface area contributed by atoms with Crippen molar-refractivity contribution in [3.63, 3.8) is 0 Å². The number of carbonyl (C=O) groups excluding carboxylic acids is 1. The molecule has 0 saturated carbocycles. The fraction of sp³-hybridized carbons (Fsp3) is 0.288. The number of rotatable bonds is 22. The predicted molar refractivity (Wildman–Crippen MR) is 250 cm³/mol. The van der Waals surface area contributed by atoms with Crippen LogP contribution < -0.4 is 118 Å². The molecule has 3 aliphatic rings. The molecule has 3 atom stereocenters. The summed E-state index contributed by atoms with van der Waals surface area (Å²) in [4.78, 5) is 11.2. The summed E-state index contributed by atoms with van der Waals surface area (Å²) in [6.45, 7) is 26.4. The van der Waals surface area contributed by atoms with Gasteiger partial charge in [-0.3, -0.25) is 4.79 Å². The zero-order valence-electron chi connectivity index (χ0n) is 38.8. The quantitative estimate of drug-likeness (QED) is 0.0229. The first-order chi connectivity index (χ1) is 30.7. The van der Waals surface area contributed by atoms with Crippen LogP contribution in [0.15, 0.2) is 137 Å². The fourth-order valence-corrected chi connectivity index (χ4v) is 6.59. The minimum atomic E-state index is -0.181. The molecule has 0 radical (unpaired) electrons. The van der Waals surface area contributed by atoms with E-state index in [1.165, 1.54) is 0 Å². The van der Waals surface area contributed by atoms with E-state index in [1.807, 2.05) is 48.6 Å². The molecule has 336 valence electrons. The Morgan fingerprint density at radius 2 is 0.954 bits per heavy atom. The summed E-state index contributed by atoms with van der Waals surface area (Å²) in [5, 5.41) is 28.7. The number of allylic oxidation sites excluding steroid dienone is 6. The predicted octanol–water partition coefficient (Wildman–Crippen LogP) is 3.22. The van der Waals surface area contributed by atoms with Crippen LogP contribution in [0.5, 0.6) is 23.0 Å². The van der Waals surface area contributed by atoms with Gasteiger partial charge < -0.3 is 45.5 Å². The van der Waals surface area contributed by atoms with E-state index >= 15 is 0 Å². The van der Waals surface area contributed by atoms with Gasteiger partial charge in [-0.25, -0.2) is 0 Å². The summed E-state index contributed by atoms with van der Waals surface area (Å²) >= 11 is 5.27.